The highest BCUT2D eigenvalue weighted by Gasteiger charge is 2.23. The van der Waals surface area contributed by atoms with Crippen molar-refractivity contribution in [3.05, 3.63) is 70.6 Å². The van der Waals surface area contributed by atoms with Crippen molar-refractivity contribution in [1.82, 2.24) is 14.5 Å². The number of nitrogens with one attached hydrogen (secondary N) is 2. The summed E-state index contributed by atoms with van der Waals surface area (Å²) in [6.45, 7) is 5.46. The number of ether oxygens (including phenoxy) is 2. The van der Waals surface area contributed by atoms with Crippen LogP contribution in [0.2, 0.25) is 0 Å². The van der Waals surface area contributed by atoms with E-state index in [1.165, 1.54) is 0 Å². The van der Waals surface area contributed by atoms with E-state index in [9.17, 15) is 4.79 Å². The fourth-order valence-electron chi connectivity index (χ4n) is 4.81. The molecule has 4 aromatic rings. The van der Waals surface area contributed by atoms with Gasteiger partial charge in [-0.1, -0.05) is 18.2 Å². The molecule has 6 rings (SSSR count). The smallest absolute Gasteiger partial charge is 0.276 e. The van der Waals surface area contributed by atoms with Crippen LogP contribution in [0.25, 0.3) is 11.0 Å². The van der Waals surface area contributed by atoms with Gasteiger partial charge in [-0.05, 0) is 43.2 Å². The Morgan fingerprint density at radius 3 is 2.86 bits per heavy atom. The normalized spacial score (nSPS) is 15.8. The zero-order valence-corrected chi connectivity index (χ0v) is 20.2. The van der Waals surface area contributed by atoms with Gasteiger partial charge in [-0.25, -0.2) is 4.98 Å². The molecule has 0 aliphatic carbocycles. The minimum atomic E-state index is -0.0730. The minimum absolute atomic E-state index is 0.0730. The lowest BCUT2D eigenvalue weighted by Gasteiger charge is -2.33. The van der Waals surface area contributed by atoms with Gasteiger partial charge < -0.3 is 25.0 Å². The Kier molecular flexibility index (Phi) is 5.90. The summed E-state index contributed by atoms with van der Waals surface area (Å²) in [5, 5.41) is 7.54. The number of aryl methyl sites for hydroxylation is 2. The van der Waals surface area contributed by atoms with Crippen molar-refractivity contribution in [2.75, 3.05) is 48.4 Å². The van der Waals surface area contributed by atoms with Gasteiger partial charge >= 0.3 is 0 Å². The Labute approximate surface area is 208 Å². The summed E-state index contributed by atoms with van der Waals surface area (Å²) < 4.78 is 13.3. The molecule has 36 heavy (non-hydrogen) atoms. The highest BCUT2D eigenvalue weighted by molar-refractivity contribution is 5.85. The fraction of sp³-hybridized carbons (Fsp3) is 0.296. The predicted octanol–water partition coefficient (Wildman–Crippen LogP) is 4.21. The molecule has 2 N–H and O–H groups in total. The number of anilines is 5. The van der Waals surface area contributed by atoms with Crippen LogP contribution in [0.3, 0.4) is 0 Å². The zero-order chi connectivity index (χ0) is 24.5. The van der Waals surface area contributed by atoms with Crippen LogP contribution in [-0.2, 0) is 11.3 Å². The van der Waals surface area contributed by atoms with Crippen molar-refractivity contribution in [3.63, 3.8) is 0 Å². The van der Waals surface area contributed by atoms with Gasteiger partial charge in [0.2, 0.25) is 5.95 Å². The molecule has 0 radical (unpaired) electrons. The highest BCUT2D eigenvalue weighted by Crippen LogP contribution is 2.36. The van der Waals surface area contributed by atoms with E-state index >= 15 is 0 Å². The maximum atomic E-state index is 13.9. The van der Waals surface area contributed by atoms with Crippen LogP contribution in [0, 0.1) is 6.92 Å². The standard InChI is InChI=1S/C27H28N6O3/c1-18-5-2-8-22-24(18)28-9-11-32(22)23-15-19-17-29-27-30-20-6-3-7-21(16-20)36-14-13-35-12-4-10-33(26(23)34)25(19)31-27/h2-3,5-8,15-17,28H,4,9-14H2,1H3,(H,29,30,31). The Bertz CT molecular complexity index is 1480. The molecule has 9 nitrogen and oxygen atoms in total. The lowest BCUT2D eigenvalue weighted by Crippen LogP contribution is -2.36. The summed E-state index contributed by atoms with van der Waals surface area (Å²) in [6.07, 6.45) is 2.45. The Morgan fingerprint density at radius 2 is 1.92 bits per heavy atom. The molecule has 2 aliphatic rings. The average molecular weight is 485 g/mol. The molecule has 2 aliphatic heterocycles. The van der Waals surface area contributed by atoms with E-state index in [2.05, 4.69) is 39.6 Å². The van der Waals surface area contributed by atoms with E-state index in [0.717, 1.165) is 40.3 Å². The van der Waals surface area contributed by atoms with Crippen LogP contribution in [0.5, 0.6) is 5.75 Å². The molecule has 0 saturated carbocycles. The van der Waals surface area contributed by atoms with Gasteiger partial charge in [0, 0.05) is 49.6 Å². The Morgan fingerprint density at radius 1 is 1.00 bits per heavy atom. The molecule has 4 bridgehead atoms. The van der Waals surface area contributed by atoms with Crippen LogP contribution in [0.15, 0.2) is 59.5 Å². The van der Waals surface area contributed by atoms with Gasteiger partial charge in [0.15, 0.2) is 0 Å². The van der Waals surface area contributed by atoms with Gasteiger partial charge in [-0.15, -0.1) is 0 Å². The summed E-state index contributed by atoms with van der Waals surface area (Å²) in [4.78, 5) is 25.3. The number of para-hydroxylation sites is 1. The second-order valence-corrected chi connectivity index (χ2v) is 8.97. The fourth-order valence-corrected chi connectivity index (χ4v) is 4.81. The van der Waals surface area contributed by atoms with E-state index in [-0.39, 0.29) is 5.56 Å². The van der Waals surface area contributed by atoms with Crippen LogP contribution >= 0.6 is 0 Å². The quantitative estimate of drug-likeness (QED) is 0.415. The molecule has 2 aromatic carbocycles. The van der Waals surface area contributed by atoms with Crippen LogP contribution in [0.1, 0.15) is 12.0 Å². The second kappa shape index (κ2) is 9.50. The van der Waals surface area contributed by atoms with Crippen molar-refractivity contribution in [2.45, 2.75) is 19.9 Å². The van der Waals surface area contributed by atoms with E-state index in [1.54, 1.807) is 10.8 Å². The first-order chi connectivity index (χ1) is 17.7. The largest absolute Gasteiger partial charge is 0.491 e. The number of nitrogens with zero attached hydrogens (tertiary/aromatic N) is 4. The number of fused-ring (bicyclic) bond motifs is 4. The van der Waals surface area contributed by atoms with Crippen molar-refractivity contribution >= 4 is 39.7 Å². The lowest BCUT2D eigenvalue weighted by molar-refractivity contribution is 0.0963. The summed E-state index contributed by atoms with van der Waals surface area (Å²) in [7, 11) is 0. The lowest BCUT2D eigenvalue weighted by atomic mass is 10.1. The third kappa shape index (κ3) is 4.22. The van der Waals surface area contributed by atoms with Crippen molar-refractivity contribution in [3.8, 4) is 5.75 Å². The molecule has 9 heteroatoms. The van der Waals surface area contributed by atoms with Crippen molar-refractivity contribution < 1.29 is 9.47 Å². The zero-order valence-electron chi connectivity index (χ0n) is 20.2. The van der Waals surface area contributed by atoms with E-state index in [1.807, 2.05) is 36.4 Å². The number of hydrogen-bond donors (Lipinski definition) is 2. The minimum Gasteiger partial charge on any atom is -0.491 e. The maximum Gasteiger partial charge on any atom is 0.276 e. The monoisotopic (exact) mass is 484 g/mol. The second-order valence-electron chi connectivity index (χ2n) is 8.97. The van der Waals surface area contributed by atoms with Gasteiger partial charge in [-0.2, -0.15) is 4.98 Å². The van der Waals surface area contributed by atoms with Gasteiger partial charge in [-0.3, -0.25) is 9.36 Å². The Balaban J connectivity index is 1.47. The van der Waals surface area contributed by atoms with Crippen molar-refractivity contribution in [2.24, 2.45) is 0 Å². The predicted molar refractivity (Wildman–Crippen MR) is 141 cm³/mol. The molecule has 4 heterocycles. The molecule has 0 saturated heterocycles. The highest BCUT2D eigenvalue weighted by atomic mass is 16.5. The third-order valence-electron chi connectivity index (χ3n) is 6.53. The van der Waals surface area contributed by atoms with Crippen LogP contribution in [-0.4, -0.2) is 47.4 Å². The number of rotatable bonds is 1. The van der Waals surface area contributed by atoms with Gasteiger partial charge in [0.05, 0.1) is 18.0 Å². The molecule has 0 unspecified atom stereocenters. The third-order valence-corrected chi connectivity index (χ3v) is 6.53. The van der Waals surface area contributed by atoms with Gasteiger partial charge in [0.25, 0.3) is 5.56 Å². The molecular formula is C27H28N6O3. The first-order valence-electron chi connectivity index (χ1n) is 12.3. The first-order valence-corrected chi connectivity index (χ1v) is 12.3. The maximum absolute atomic E-state index is 13.9. The average Bonchev–Trinajstić information content (AvgIpc) is 2.89. The van der Waals surface area contributed by atoms with Crippen LogP contribution in [0.4, 0.5) is 28.7 Å². The molecule has 0 amide bonds. The topological polar surface area (TPSA) is 93.5 Å². The van der Waals surface area contributed by atoms with Crippen LogP contribution < -0.4 is 25.8 Å². The summed E-state index contributed by atoms with van der Waals surface area (Å²) >= 11 is 0. The molecule has 2 aromatic heterocycles. The molecule has 0 fully saturated rings. The summed E-state index contributed by atoms with van der Waals surface area (Å²) in [5.41, 5.74) is 5.18. The number of benzene rings is 2. The number of pyridine rings is 1. The number of aromatic nitrogens is 3. The SMILES string of the molecule is Cc1cccc2c1NCCN2c1cc2cnc3nc2n(c1=O)CCCOCCOc1cccc(c1)N3. The Hall–Kier alpha value is -4.11. The van der Waals surface area contributed by atoms with E-state index < -0.39 is 0 Å². The van der Waals surface area contributed by atoms with Crippen molar-refractivity contribution in [1.29, 1.82) is 0 Å². The summed E-state index contributed by atoms with van der Waals surface area (Å²) in [5.74, 6) is 1.17. The molecule has 0 spiro atoms. The molecular weight excluding hydrogens is 456 g/mol. The van der Waals surface area contributed by atoms with E-state index in [4.69, 9.17) is 14.5 Å². The molecule has 0 atom stereocenters. The molecule has 184 valence electrons. The van der Waals surface area contributed by atoms with Gasteiger partial charge in [0.1, 0.15) is 23.7 Å². The summed E-state index contributed by atoms with van der Waals surface area (Å²) in [6, 6.07) is 15.7. The first kappa shape index (κ1) is 22.4. The number of hydrogen-bond acceptors (Lipinski definition) is 8. The van der Waals surface area contributed by atoms with E-state index in [0.29, 0.717) is 56.6 Å².